The fraction of sp³-hybridized carbons (Fsp3) is 0.450. The highest BCUT2D eigenvalue weighted by Crippen LogP contribution is 2.27. The molecule has 0 saturated carbocycles. The number of ketones is 2. The maximum absolute atomic E-state index is 12.3. The van der Waals surface area contributed by atoms with Crippen molar-refractivity contribution in [1.29, 1.82) is 0 Å². The van der Waals surface area contributed by atoms with Crippen molar-refractivity contribution < 1.29 is 55.0 Å². The third-order valence-corrected chi connectivity index (χ3v) is 3.37. The van der Waals surface area contributed by atoms with Crippen LogP contribution in [0.25, 0.3) is 0 Å². The van der Waals surface area contributed by atoms with E-state index < -0.39 is 46.8 Å². The molecule has 0 aromatic carbocycles. The number of pyridine rings is 1. The number of carbonyl (C=O) groups excluding carboxylic acids is 4. The average molecular weight is 518 g/mol. The fourth-order valence-corrected chi connectivity index (χ4v) is 1.87. The first kappa shape index (κ1) is 33.5. The molecule has 0 bridgehead atoms. The van der Waals surface area contributed by atoms with E-state index in [1.807, 2.05) is 0 Å². The molecule has 1 rings (SSSR count). The van der Waals surface area contributed by atoms with E-state index in [0.717, 1.165) is 0 Å². The van der Waals surface area contributed by atoms with Crippen LogP contribution >= 0.6 is 0 Å². The molecule has 0 spiro atoms. The molecule has 3 N–H and O–H groups in total. The Hall–Kier alpha value is -3.65. The lowest BCUT2D eigenvalue weighted by Gasteiger charge is -2.09. The van der Waals surface area contributed by atoms with Crippen LogP contribution < -0.4 is 11.3 Å². The lowest BCUT2D eigenvalue weighted by molar-refractivity contribution is -0.165. The molecular weight excluding hydrogens is 494 g/mol. The van der Waals surface area contributed by atoms with Gasteiger partial charge >= 0.3 is 18.3 Å². The zero-order chi connectivity index (χ0) is 28.1. The minimum atomic E-state index is -4.81. The summed E-state index contributed by atoms with van der Waals surface area (Å²) in [5, 5.41) is 0. The minimum Gasteiger partial charge on any atom is -0.501 e. The van der Waals surface area contributed by atoms with Crippen LogP contribution in [-0.4, -0.2) is 48.3 Å². The smallest absolute Gasteiger partial charge is 0.454 e. The van der Waals surface area contributed by atoms with Gasteiger partial charge in [-0.2, -0.15) is 26.3 Å². The van der Waals surface area contributed by atoms with Crippen molar-refractivity contribution in [3.8, 4) is 0 Å². The third kappa shape index (κ3) is 14.3. The number of Topliss-reactive ketones (excluding diaryl/α,β-unsaturated/α-hetero) is 1. The number of halogens is 6. The summed E-state index contributed by atoms with van der Waals surface area (Å²) in [6.07, 6.45) is -9.20. The number of primary amides is 1. The topological polar surface area (TPSA) is 146 Å². The van der Waals surface area contributed by atoms with Crippen molar-refractivity contribution in [2.24, 2.45) is 5.73 Å². The summed E-state index contributed by atoms with van der Waals surface area (Å²) in [7, 11) is 1.19. The van der Waals surface area contributed by atoms with Gasteiger partial charge in [0.2, 0.25) is 5.91 Å². The number of hydrogen-bond donors (Lipinski definition) is 2. The van der Waals surface area contributed by atoms with Crippen LogP contribution in [0.3, 0.4) is 0 Å². The Morgan fingerprint density at radius 2 is 1.60 bits per heavy atom. The quantitative estimate of drug-likeness (QED) is 0.194. The molecule has 35 heavy (non-hydrogen) atoms. The number of nitrogens with one attached hydrogen (secondary N) is 1. The first-order chi connectivity index (χ1) is 15.8. The van der Waals surface area contributed by atoms with Crippen molar-refractivity contribution in [3.05, 3.63) is 45.1 Å². The number of alkyl halides is 6. The summed E-state index contributed by atoms with van der Waals surface area (Å²) in [6, 6.07) is 0.702. The number of ether oxygens (including phenoxy) is 2. The standard InChI is InChI=1S/C10H10F3NO3.C6H7F3O2.C4H7NO2/c1-3-17-9(16)7-5(2)4-6(10(11,12)13)14-8(7)15;1-4(11-2)3-5(10)6(7,8)9;1-3(6)2-4(5)7/h4H,3H2,1-2H3,(H,14,15);3H,1-2H3;2H2,1H3,(H2,5,7). The molecule has 0 saturated heterocycles. The second-order valence-corrected chi connectivity index (χ2v) is 6.45. The summed E-state index contributed by atoms with van der Waals surface area (Å²) in [5.41, 5.74) is 1.87. The number of carbonyl (C=O) groups is 4. The predicted octanol–water partition coefficient (Wildman–Crippen LogP) is 3.00. The Morgan fingerprint density at radius 1 is 1.09 bits per heavy atom. The molecule has 1 heterocycles. The monoisotopic (exact) mass is 518 g/mol. The average Bonchev–Trinajstić information content (AvgIpc) is 2.66. The lowest BCUT2D eigenvalue weighted by Crippen LogP contribution is -2.25. The zero-order valence-corrected chi connectivity index (χ0v) is 19.3. The largest absolute Gasteiger partial charge is 0.501 e. The number of allylic oxidation sites excluding steroid dienone is 2. The van der Waals surface area contributed by atoms with Crippen molar-refractivity contribution in [1.82, 2.24) is 4.98 Å². The zero-order valence-electron chi connectivity index (χ0n) is 19.3. The number of aryl methyl sites for hydroxylation is 1. The Kier molecular flexibility index (Phi) is 14.0. The lowest BCUT2D eigenvalue weighted by atomic mass is 10.1. The van der Waals surface area contributed by atoms with Crippen LogP contribution in [0.4, 0.5) is 26.3 Å². The van der Waals surface area contributed by atoms with Gasteiger partial charge in [-0.25, -0.2) is 4.79 Å². The van der Waals surface area contributed by atoms with Gasteiger partial charge in [0.15, 0.2) is 0 Å². The number of aromatic amines is 1. The molecule has 9 nitrogen and oxygen atoms in total. The Balaban J connectivity index is 0. The summed E-state index contributed by atoms with van der Waals surface area (Å²) in [5.74, 6) is -3.65. The van der Waals surface area contributed by atoms with E-state index in [1.165, 1.54) is 34.8 Å². The molecule has 1 aromatic rings. The van der Waals surface area contributed by atoms with Crippen molar-refractivity contribution in [2.45, 2.75) is 46.5 Å². The minimum absolute atomic E-state index is 0.0404. The number of esters is 1. The van der Waals surface area contributed by atoms with Gasteiger partial charge < -0.3 is 20.2 Å². The van der Waals surface area contributed by atoms with E-state index in [4.69, 9.17) is 0 Å². The van der Waals surface area contributed by atoms with Gasteiger partial charge in [-0.3, -0.25) is 19.2 Å². The van der Waals surface area contributed by atoms with Crippen LogP contribution in [0.5, 0.6) is 0 Å². The van der Waals surface area contributed by atoms with E-state index in [9.17, 15) is 50.3 Å². The van der Waals surface area contributed by atoms with Crippen LogP contribution in [0.1, 0.15) is 48.8 Å². The summed E-state index contributed by atoms with van der Waals surface area (Å²) in [4.78, 5) is 54.2. The first-order valence-electron chi connectivity index (χ1n) is 9.37. The highest BCUT2D eigenvalue weighted by molar-refractivity contribution is 5.96. The molecule has 0 fully saturated rings. The van der Waals surface area contributed by atoms with E-state index in [-0.39, 0.29) is 30.1 Å². The molecular formula is C20H24F6N2O7. The van der Waals surface area contributed by atoms with Crippen molar-refractivity contribution >= 4 is 23.4 Å². The summed E-state index contributed by atoms with van der Waals surface area (Å²) < 4.78 is 80.4. The molecule has 1 amide bonds. The maximum Gasteiger partial charge on any atom is 0.454 e. The Labute approximate surface area is 195 Å². The van der Waals surface area contributed by atoms with Crippen LogP contribution in [-0.2, 0) is 30.0 Å². The molecule has 198 valence electrons. The van der Waals surface area contributed by atoms with Gasteiger partial charge in [-0.15, -0.1) is 0 Å². The summed E-state index contributed by atoms with van der Waals surface area (Å²) in [6.45, 7) is 5.41. The fourth-order valence-electron chi connectivity index (χ4n) is 1.87. The maximum atomic E-state index is 12.3. The number of aromatic nitrogens is 1. The van der Waals surface area contributed by atoms with E-state index >= 15 is 0 Å². The van der Waals surface area contributed by atoms with Crippen LogP contribution in [0, 0.1) is 6.92 Å². The van der Waals surface area contributed by atoms with Gasteiger partial charge in [0.05, 0.1) is 25.9 Å². The highest BCUT2D eigenvalue weighted by atomic mass is 19.4. The van der Waals surface area contributed by atoms with Gasteiger partial charge in [-0.1, -0.05) is 0 Å². The van der Waals surface area contributed by atoms with E-state index in [0.29, 0.717) is 12.1 Å². The van der Waals surface area contributed by atoms with E-state index in [1.54, 1.807) is 4.98 Å². The number of methoxy groups -OCH3 is 1. The number of hydrogen-bond acceptors (Lipinski definition) is 7. The van der Waals surface area contributed by atoms with Gasteiger partial charge in [-0.05, 0) is 39.3 Å². The predicted molar refractivity (Wildman–Crippen MR) is 109 cm³/mol. The number of amides is 1. The number of H-pyrrole nitrogens is 1. The number of nitrogens with two attached hydrogens (primary N) is 1. The first-order valence-corrected chi connectivity index (χ1v) is 9.37. The molecule has 0 aliphatic carbocycles. The van der Waals surface area contributed by atoms with E-state index in [2.05, 4.69) is 15.2 Å². The highest BCUT2D eigenvalue weighted by Gasteiger charge is 2.36. The normalized spacial score (nSPS) is 11.2. The molecule has 0 atom stereocenters. The molecule has 15 heteroatoms. The second kappa shape index (κ2) is 14.6. The molecule has 0 unspecified atom stereocenters. The van der Waals surface area contributed by atoms with Crippen molar-refractivity contribution in [2.75, 3.05) is 13.7 Å². The van der Waals surface area contributed by atoms with Gasteiger partial charge in [0, 0.05) is 6.08 Å². The molecule has 0 aliphatic rings. The molecule has 0 radical (unpaired) electrons. The van der Waals surface area contributed by atoms with Gasteiger partial charge in [0.1, 0.15) is 17.0 Å². The van der Waals surface area contributed by atoms with Crippen molar-refractivity contribution in [3.63, 3.8) is 0 Å². The summed E-state index contributed by atoms with van der Waals surface area (Å²) >= 11 is 0. The SMILES string of the molecule is CC(=O)CC(N)=O.CCOC(=O)c1c(C)cc(C(F)(F)F)[nH]c1=O.COC(C)=CC(=O)C(F)(F)F. The van der Waals surface area contributed by atoms with Crippen LogP contribution in [0.2, 0.25) is 0 Å². The van der Waals surface area contributed by atoms with Gasteiger partial charge in [0.25, 0.3) is 11.3 Å². The molecule has 1 aromatic heterocycles. The molecule has 0 aliphatic heterocycles. The Morgan fingerprint density at radius 3 is 1.89 bits per heavy atom. The number of rotatable bonds is 6. The van der Waals surface area contributed by atoms with Crippen LogP contribution in [0.15, 0.2) is 22.7 Å². The second-order valence-electron chi connectivity index (χ2n) is 6.45. The Bertz CT molecular complexity index is 983. The third-order valence-electron chi connectivity index (χ3n) is 3.37.